The topological polar surface area (TPSA) is 88.2 Å². The molecule has 1 fully saturated rings. The number of halogens is 2. The number of hydrogen-bond acceptors (Lipinski definition) is 5. The molecule has 1 saturated carbocycles. The second kappa shape index (κ2) is 5.87. The van der Waals surface area contributed by atoms with Gasteiger partial charge >= 0.3 is 0 Å². The molecule has 1 aromatic heterocycles. The van der Waals surface area contributed by atoms with Gasteiger partial charge in [0.15, 0.2) is 5.13 Å². The number of carbonyl (C=O) groups excluding carboxylic acids is 1. The Hall–Kier alpha value is -1.35. The number of carbonyl (C=O) groups is 1. The van der Waals surface area contributed by atoms with E-state index < -0.39 is 19.8 Å². The lowest BCUT2D eigenvalue weighted by molar-refractivity contribution is -0.120. The lowest BCUT2D eigenvalue weighted by Gasteiger charge is -2.13. The lowest BCUT2D eigenvalue weighted by atomic mass is 10.1. The molecule has 1 aliphatic rings. The molecule has 0 saturated heterocycles. The van der Waals surface area contributed by atoms with Crippen LogP contribution in [0.4, 0.5) is 10.8 Å². The van der Waals surface area contributed by atoms with Gasteiger partial charge in [-0.15, -0.1) is 34.5 Å². The van der Waals surface area contributed by atoms with Crippen LogP contribution in [0.3, 0.4) is 0 Å². The summed E-state index contributed by atoms with van der Waals surface area (Å²) in [4.78, 5) is 16.1. The lowest BCUT2D eigenvalue weighted by Crippen LogP contribution is -2.25. The first kappa shape index (κ1) is 17.5. The fourth-order valence-corrected chi connectivity index (χ4v) is 4.58. The van der Waals surface area contributed by atoms with Gasteiger partial charge in [-0.25, -0.2) is 13.4 Å². The molecule has 1 amide bonds. The van der Waals surface area contributed by atoms with Crippen LogP contribution in [0.1, 0.15) is 13.3 Å². The van der Waals surface area contributed by atoms with Gasteiger partial charge in [0, 0.05) is 17.3 Å². The number of thiazole rings is 1. The number of nitrogens with zero attached hydrogens (tertiary/aromatic N) is 1. The van der Waals surface area contributed by atoms with Gasteiger partial charge in [0.2, 0.25) is 5.91 Å². The fraction of sp³-hybridized carbons (Fsp3) is 0.286. The maximum absolute atomic E-state index is 12.2. The number of alkyl halides is 2. The number of sulfonamides is 1. The minimum absolute atomic E-state index is 0.0670. The highest BCUT2D eigenvalue weighted by molar-refractivity contribution is 7.93. The highest BCUT2D eigenvalue weighted by Gasteiger charge is 2.67. The molecule has 0 bridgehead atoms. The van der Waals surface area contributed by atoms with Crippen molar-refractivity contribution in [3.8, 4) is 0 Å². The molecule has 1 aromatic carbocycles. The summed E-state index contributed by atoms with van der Waals surface area (Å²) in [6, 6.07) is 5.80. The highest BCUT2D eigenvalue weighted by atomic mass is 35.5. The molecule has 0 unspecified atom stereocenters. The van der Waals surface area contributed by atoms with E-state index in [2.05, 4.69) is 15.0 Å². The number of benzene rings is 1. The monoisotopic (exact) mass is 405 g/mol. The summed E-state index contributed by atoms with van der Waals surface area (Å²) in [5.41, 5.74) is -0.377. The Balaban J connectivity index is 1.71. The third-order valence-electron chi connectivity index (χ3n) is 3.84. The zero-order chi connectivity index (χ0) is 17.6. The molecule has 0 radical (unpaired) electrons. The molecule has 1 aliphatic carbocycles. The van der Waals surface area contributed by atoms with Crippen LogP contribution in [0.25, 0.3) is 0 Å². The molecular formula is C14H13Cl2N3O3S2. The summed E-state index contributed by atoms with van der Waals surface area (Å²) in [5, 5.41) is 4.65. The van der Waals surface area contributed by atoms with Crippen molar-refractivity contribution in [1.82, 2.24) is 4.98 Å². The van der Waals surface area contributed by atoms with Crippen LogP contribution in [0.2, 0.25) is 0 Å². The first-order valence-electron chi connectivity index (χ1n) is 6.86. The van der Waals surface area contributed by atoms with Crippen LogP contribution in [-0.2, 0) is 14.8 Å². The minimum atomic E-state index is -3.72. The second-order valence-corrected chi connectivity index (χ2v) is 9.70. The predicted molar refractivity (Wildman–Crippen MR) is 95.2 cm³/mol. The molecule has 1 atom stereocenters. The molecule has 10 heteroatoms. The average molecular weight is 406 g/mol. The Bertz CT molecular complexity index is 867. The molecule has 2 aromatic rings. The summed E-state index contributed by atoms with van der Waals surface area (Å²) in [6.07, 6.45) is 1.88. The van der Waals surface area contributed by atoms with E-state index in [-0.39, 0.29) is 15.9 Å². The van der Waals surface area contributed by atoms with Crippen molar-refractivity contribution >= 4 is 61.3 Å². The molecule has 6 nitrogen and oxygen atoms in total. The average Bonchev–Trinajstić information content (AvgIpc) is 2.86. The van der Waals surface area contributed by atoms with Crippen LogP contribution < -0.4 is 10.0 Å². The molecular weight excluding hydrogens is 393 g/mol. The van der Waals surface area contributed by atoms with E-state index >= 15 is 0 Å². The third-order valence-corrected chi connectivity index (χ3v) is 7.11. The highest BCUT2D eigenvalue weighted by Crippen LogP contribution is 2.64. The Kier molecular flexibility index (Phi) is 4.28. The third kappa shape index (κ3) is 3.23. The van der Waals surface area contributed by atoms with Gasteiger partial charge in [-0.2, -0.15) is 0 Å². The van der Waals surface area contributed by atoms with E-state index in [4.69, 9.17) is 23.2 Å². The first-order chi connectivity index (χ1) is 11.1. The number of anilines is 2. The zero-order valence-electron chi connectivity index (χ0n) is 12.4. The summed E-state index contributed by atoms with van der Waals surface area (Å²) in [7, 11) is -3.72. The molecule has 0 aliphatic heterocycles. The van der Waals surface area contributed by atoms with Crippen LogP contribution in [-0.4, -0.2) is 23.6 Å². The van der Waals surface area contributed by atoms with E-state index in [9.17, 15) is 13.2 Å². The van der Waals surface area contributed by atoms with Gasteiger partial charge in [0.1, 0.15) is 4.33 Å². The van der Waals surface area contributed by atoms with Crippen LogP contribution >= 0.6 is 34.5 Å². The Labute approximate surface area is 153 Å². The SMILES string of the molecule is C[C@@]1(C(=O)Nc2ccc(S(=O)(=O)Nc3nccs3)cc2)CC1(Cl)Cl. The fourth-order valence-electron chi connectivity index (χ4n) is 2.08. The van der Waals surface area contributed by atoms with Crippen LogP contribution in [0.15, 0.2) is 40.7 Å². The van der Waals surface area contributed by atoms with Crippen molar-refractivity contribution in [2.45, 2.75) is 22.6 Å². The number of amides is 1. The number of nitrogens with one attached hydrogen (secondary N) is 2. The molecule has 1 heterocycles. The van der Waals surface area contributed by atoms with Gasteiger partial charge in [-0.3, -0.25) is 9.52 Å². The van der Waals surface area contributed by atoms with Crippen molar-refractivity contribution < 1.29 is 13.2 Å². The standard InChI is InChI=1S/C14H13Cl2N3O3S2/c1-13(8-14(13,15)16)11(20)18-9-2-4-10(5-3-9)24(21,22)19-12-17-6-7-23-12/h2-7H,8H2,1H3,(H,17,19)(H,18,20)/t13-/m0/s1. The number of aromatic nitrogens is 1. The molecule has 24 heavy (non-hydrogen) atoms. The smallest absolute Gasteiger partial charge is 0.263 e. The van der Waals surface area contributed by atoms with Crippen LogP contribution in [0, 0.1) is 5.41 Å². The zero-order valence-corrected chi connectivity index (χ0v) is 15.6. The Morgan fingerprint density at radius 3 is 2.42 bits per heavy atom. The molecule has 2 N–H and O–H groups in total. The van der Waals surface area contributed by atoms with Gasteiger partial charge in [-0.1, -0.05) is 0 Å². The molecule has 128 valence electrons. The minimum Gasteiger partial charge on any atom is -0.326 e. The van der Waals surface area contributed by atoms with Crippen molar-refractivity contribution in [1.29, 1.82) is 0 Å². The normalized spacial score (nSPS) is 22.0. The van der Waals surface area contributed by atoms with Crippen molar-refractivity contribution in [2.24, 2.45) is 5.41 Å². The van der Waals surface area contributed by atoms with Crippen LogP contribution in [0.5, 0.6) is 0 Å². The van der Waals surface area contributed by atoms with Gasteiger partial charge < -0.3 is 5.32 Å². The van der Waals surface area contributed by atoms with E-state index in [1.165, 1.54) is 41.8 Å². The molecule has 3 rings (SSSR count). The summed E-state index contributed by atoms with van der Waals surface area (Å²) in [6.45, 7) is 1.68. The maximum Gasteiger partial charge on any atom is 0.263 e. The maximum atomic E-state index is 12.2. The van der Waals surface area contributed by atoms with Gasteiger partial charge in [0.05, 0.1) is 10.3 Å². The van der Waals surface area contributed by atoms with E-state index in [0.717, 1.165) is 0 Å². The summed E-state index contributed by atoms with van der Waals surface area (Å²) >= 11 is 13.1. The number of hydrogen-bond donors (Lipinski definition) is 2. The molecule has 0 spiro atoms. The first-order valence-corrected chi connectivity index (χ1v) is 9.98. The second-order valence-electron chi connectivity index (χ2n) is 5.63. The van der Waals surface area contributed by atoms with Crippen molar-refractivity contribution in [3.05, 3.63) is 35.8 Å². The largest absolute Gasteiger partial charge is 0.326 e. The quantitative estimate of drug-likeness (QED) is 0.745. The van der Waals surface area contributed by atoms with Gasteiger partial charge in [-0.05, 0) is 37.6 Å². The van der Waals surface area contributed by atoms with Crippen molar-refractivity contribution in [2.75, 3.05) is 10.0 Å². The Morgan fingerprint density at radius 2 is 1.92 bits per heavy atom. The number of rotatable bonds is 5. The van der Waals surface area contributed by atoms with Gasteiger partial charge in [0.25, 0.3) is 10.0 Å². The van der Waals surface area contributed by atoms with E-state index in [0.29, 0.717) is 12.1 Å². The predicted octanol–water partition coefficient (Wildman–Crippen LogP) is 3.47. The van der Waals surface area contributed by atoms with E-state index in [1.54, 1.807) is 12.3 Å². The summed E-state index contributed by atoms with van der Waals surface area (Å²) in [5.74, 6) is -0.302. The Morgan fingerprint density at radius 1 is 1.29 bits per heavy atom. The van der Waals surface area contributed by atoms with E-state index in [1.807, 2.05) is 0 Å². The summed E-state index contributed by atoms with van der Waals surface area (Å²) < 4.78 is 25.8. The van der Waals surface area contributed by atoms with Crippen molar-refractivity contribution in [3.63, 3.8) is 0 Å².